The Hall–Kier alpha value is -2.14. The quantitative estimate of drug-likeness (QED) is 0.792. The normalized spacial score (nSPS) is 11.2. The maximum atomic E-state index is 12.4. The molecule has 0 aliphatic heterocycles. The van der Waals surface area contributed by atoms with Crippen molar-refractivity contribution < 1.29 is 4.79 Å². The van der Waals surface area contributed by atoms with E-state index in [1.54, 1.807) is 23.6 Å². The van der Waals surface area contributed by atoms with E-state index in [1.165, 1.54) is 0 Å². The lowest BCUT2D eigenvalue weighted by molar-refractivity contribution is 0.101. The minimum Gasteiger partial charge on any atom is -0.333 e. The SMILES string of the molecule is CC(C)n1c(C(=O)Nc2ccccn2)cc2sccc21. The number of hydrogen-bond donors (Lipinski definition) is 1. The van der Waals surface area contributed by atoms with Crippen molar-refractivity contribution in [3.05, 3.63) is 47.6 Å². The maximum Gasteiger partial charge on any atom is 0.273 e. The third-order valence-corrected chi connectivity index (χ3v) is 3.97. The highest BCUT2D eigenvalue weighted by Gasteiger charge is 2.18. The molecule has 1 N–H and O–H groups in total. The number of pyridine rings is 1. The smallest absolute Gasteiger partial charge is 0.273 e. The number of hydrogen-bond acceptors (Lipinski definition) is 3. The van der Waals surface area contributed by atoms with Crippen molar-refractivity contribution in [3.8, 4) is 0 Å². The van der Waals surface area contributed by atoms with Crippen LogP contribution >= 0.6 is 11.3 Å². The van der Waals surface area contributed by atoms with Crippen LogP contribution in [0.1, 0.15) is 30.4 Å². The molecule has 4 nitrogen and oxygen atoms in total. The lowest BCUT2D eigenvalue weighted by Gasteiger charge is -2.13. The van der Waals surface area contributed by atoms with Gasteiger partial charge in [-0.15, -0.1) is 11.3 Å². The van der Waals surface area contributed by atoms with Gasteiger partial charge in [-0.3, -0.25) is 4.79 Å². The molecular formula is C15H15N3OS. The first-order chi connectivity index (χ1) is 9.66. The molecule has 3 aromatic heterocycles. The van der Waals surface area contributed by atoms with Gasteiger partial charge >= 0.3 is 0 Å². The Morgan fingerprint density at radius 2 is 2.20 bits per heavy atom. The summed E-state index contributed by atoms with van der Waals surface area (Å²) in [6.07, 6.45) is 1.66. The zero-order valence-corrected chi connectivity index (χ0v) is 12.1. The van der Waals surface area contributed by atoms with E-state index in [4.69, 9.17) is 0 Å². The van der Waals surface area contributed by atoms with Gasteiger partial charge in [-0.2, -0.15) is 0 Å². The molecule has 1 amide bonds. The number of thiophene rings is 1. The summed E-state index contributed by atoms with van der Waals surface area (Å²) < 4.78 is 3.19. The van der Waals surface area contributed by atoms with Gasteiger partial charge in [-0.25, -0.2) is 4.98 Å². The average molecular weight is 285 g/mol. The predicted molar refractivity (Wildman–Crippen MR) is 82.4 cm³/mol. The molecule has 20 heavy (non-hydrogen) atoms. The molecule has 0 aliphatic rings. The number of fused-ring (bicyclic) bond motifs is 1. The molecule has 0 fully saturated rings. The fraction of sp³-hybridized carbons (Fsp3) is 0.200. The minimum atomic E-state index is -0.124. The second kappa shape index (κ2) is 5.09. The highest BCUT2D eigenvalue weighted by atomic mass is 32.1. The Bertz CT molecular complexity index is 743. The molecule has 0 radical (unpaired) electrons. The third kappa shape index (κ3) is 2.20. The van der Waals surface area contributed by atoms with Crippen LogP contribution < -0.4 is 5.32 Å². The van der Waals surface area contributed by atoms with Crippen LogP contribution in [0.5, 0.6) is 0 Å². The maximum absolute atomic E-state index is 12.4. The number of rotatable bonds is 3. The molecule has 3 heterocycles. The van der Waals surface area contributed by atoms with E-state index < -0.39 is 0 Å². The molecule has 5 heteroatoms. The van der Waals surface area contributed by atoms with E-state index in [-0.39, 0.29) is 11.9 Å². The van der Waals surface area contributed by atoms with Crippen molar-refractivity contribution in [2.24, 2.45) is 0 Å². The highest BCUT2D eigenvalue weighted by molar-refractivity contribution is 7.17. The molecule has 0 unspecified atom stereocenters. The molecule has 102 valence electrons. The number of nitrogens with zero attached hydrogens (tertiary/aromatic N) is 2. The Labute approximate surface area is 121 Å². The van der Waals surface area contributed by atoms with Crippen LogP contribution in [0.2, 0.25) is 0 Å². The van der Waals surface area contributed by atoms with E-state index >= 15 is 0 Å². The zero-order chi connectivity index (χ0) is 14.1. The fourth-order valence-corrected chi connectivity index (χ4v) is 3.10. The summed E-state index contributed by atoms with van der Waals surface area (Å²) in [7, 11) is 0. The van der Waals surface area contributed by atoms with Crippen LogP contribution in [0.3, 0.4) is 0 Å². The molecule has 3 rings (SSSR count). The van der Waals surface area contributed by atoms with Gasteiger partial charge < -0.3 is 9.88 Å². The van der Waals surface area contributed by atoms with Crippen LogP contribution in [0.4, 0.5) is 5.82 Å². The second-order valence-electron chi connectivity index (χ2n) is 4.83. The summed E-state index contributed by atoms with van der Waals surface area (Å²) in [5, 5.41) is 4.88. The van der Waals surface area contributed by atoms with Gasteiger partial charge in [0.1, 0.15) is 11.5 Å². The van der Waals surface area contributed by atoms with Crippen LogP contribution in [-0.4, -0.2) is 15.5 Å². The van der Waals surface area contributed by atoms with Crippen molar-refractivity contribution in [2.45, 2.75) is 19.9 Å². The predicted octanol–water partition coefficient (Wildman–Crippen LogP) is 3.93. The molecule has 0 bridgehead atoms. The number of amides is 1. The molecule has 0 atom stereocenters. The van der Waals surface area contributed by atoms with Crippen molar-refractivity contribution in [1.29, 1.82) is 0 Å². The number of anilines is 1. The van der Waals surface area contributed by atoms with Crippen molar-refractivity contribution in [3.63, 3.8) is 0 Å². The van der Waals surface area contributed by atoms with Crippen molar-refractivity contribution in [1.82, 2.24) is 9.55 Å². The molecule has 0 aliphatic carbocycles. The van der Waals surface area contributed by atoms with Gasteiger partial charge in [0.25, 0.3) is 5.91 Å². The average Bonchev–Trinajstić information content (AvgIpc) is 2.98. The van der Waals surface area contributed by atoms with Gasteiger partial charge in [0, 0.05) is 12.2 Å². The largest absolute Gasteiger partial charge is 0.333 e. The van der Waals surface area contributed by atoms with E-state index in [0.717, 1.165) is 10.2 Å². The van der Waals surface area contributed by atoms with Crippen LogP contribution in [0, 0.1) is 0 Å². The molecule has 0 saturated carbocycles. The number of carbonyl (C=O) groups excluding carboxylic acids is 1. The molecule has 3 aromatic rings. The van der Waals surface area contributed by atoms with E-state index in [0.29, 0.717) is 11.5 Å². The van der Waals surface area contributed by atoms with Crippen LogP contribution in [-0.2, 0) is 0 Å². The van der Waals surface area contributed by atoms with Gasteiger partial charge in [0.05, 0.1) is 10.2 Å². The zero-order valence-electron chi connectivity index (χ0n) is 11.3. The summed E-state index contributed by atoms with van der Waals surface area (Å²) >= 11 is 1.65. The fourth-order valence-electron chi connectivity index (χ4n) is 2.29. The topological polar surface area (TPSA) is 46.9 Å². The summed E-state index contributed by atoms with van der Waals surface area (Å²) in [4.78, 5) is 16.6. The standard InChI is InChI=1S/C15H15N3OS/c1-10(2)18-11-6-8-20-13(11)9-12(18)15(19)17-14-5-3-4-7-16-14/h3-10H,1-2H3,(H,16,17,19). The number of carbonyl (C=O) groups is 1. The van der Waals surface area contributed by atoms with E-state index in [1.807, 2.05) is 23.6 Å². The molecule has 0 saturated heterocycles. The van der Waals surface area contributed by atoms with Crippen molar-refractivity contribution in [2.75, 3.05) is 5.32 Å². The van der Waals surface area contributed by atoms with Gasteiger partial charge in [-0.05, 0) is 43.5 Å². The monoisotopic (exact) mass is 285 g/mol. The second-order valence-corrected chi connectivity index (χ2v) is 5.78. The van der Waals surface area contributed by atoms with Crippen LogP contribution in [0.15, 0.2) is 41.9 Å². The lowest BCUT2D eigenvalue weighted by Crippen LogP contribution is -2.18. The van der Waals surface area contributed by atoms with Crippen LogP contribution in [0.25, 0.3) is 10.2 Å². The van der Waals surface area contributed by atoms with Crippen molar-refractivity contribution >= 4 is 33.3 Å². The highest BCUT2D eigenvalue weighted by Crippen LogP contribution is 2.28. The van der Waals surface area contributed by atoms with E-state index in [2.05, 4.69) is 34.8 Å². The number of aromatic nitrogens is 2. The summed E-state index contributed by atoms with van der Waals surface area (Å²) in [6.45, 7) is 4.16. The molecular weight excluding hydrogens is 270 g/mol. The Morgan fingerprint density at radius 1 is 1.35 bits per heavy atom. The Balaban J connectivity index is 1.99. The Morgan fingerprint density at radius 3 is 2.90 bits per heavy atom. The van der Waals surface area contributed by atoms with Gasteiger partial charge in [0.2, 0.25) is 0 Å². The lowest BCUT2D eigenvalue weighted by atomic mass is 10.3. The van der Waals surface area contributed by atoms with Gasteiger partial charge in [0.15, 0.2) is 0 Å². The Kier molecular flexibility index (Phi) is 3.28. The first kappa shape index (κ1) is 12.9. The third-order valence-electron chi connectivity index (χ3n) is 3.12. The number of nitrogens with one attached hydrogen (secondary N) is 1. The summed E-state index contributed by atoms with van der Waals surface area (Å²) in [5.41, 5.74) is 1.78. The first-order valence-electron chi connectivity index (χ1n) is 6.47. The summed E-state index contributed by atoms with van der Waals surface area (Å²) in [5.74, 6) is 0.443. The molecule has 0 aromatic carbocycles. The van der Waals surface area contributed by atoms with E-state index in [9.17, 15) is 4.79 Å². The van der Waals surface area contributed by atoms with Gasteiger partial charge in [-0.1, -0.05) is 6.07 Å². The first-order valence-corrected chi connectivity index (χ1v) is 7.35. The molecule has 0 spiro atoms. The minimum absolute atomic E-state index is 0.124. The summed E-state index contributed by atoms with van der Waals surface area (Å²) in [6, 6.07) is 9.68.